The molecule has 0 spiro atoms. The number of fused-ring (bicyclic) bond motifs is 1. The number of anilines is 2. The molecule has 1 aliphatic rings. The van der Waals surface area contributed by atoms with E-state index in [1.807, 2.05) is 6.07 Å². The van der Waals surface area contributed by atoms with Gasteiger partial charge in [-0.2, -0.15) is 5.26 Å². The Bertz CT molecular complexity index is 1340. The van der Waals surface area contributed by atoms with Gasteiger partial charge in [-0.1, -0.05) is 18.2 Å². The van der Waals surface area contributed by atoms with Gasteiger partial charge in [0.1, 0.15) is 11.1 Å². The molecule has 0 saturated carbocycles. The van der Waals surface area contributed by atoms with Gasteiger partial charge in [-0.05, 0) is 68.5 Å². The Morgan fingerprint density at radius 1 is 1.06 bits per heavy atom. The fourth-order valence-electron chi connectivity index (χ4n) is 3.96. The molecule has 178 valence electrons. The topological polar surface area (TPSA) is 119 Å². The van der Waals surface area contributed by atoms with Crippen molar-refractivity contribution in [2.75, 3.05) is 10.6 Å². The molecular weight excluding hydrogens is 482 g/mol. The molecule has 0 fully saturated rings. The summed E-state index contributed by atoms with van der Waals surface area (Å²) in [5.74, 6) is -1.90. The molecule has 7 nitrogen and oxygen atoms in total. The predicted octanol–water partition coefficient (Wildman–Crippen LogP) is 5.57. The van der Waals surface area contributed by atoms with Crippen molar-refractivity contribution in [3.63, 3.8) is 0 Å². The zero-order chi connectivity index (χ0) is 24.9. The molecule has 3 aromatic rings. The monoisotopic (exact) mass is 505 g/mol. The zero-order valence-corrected chi connectivity index (χ0v) is 20.6. The molecule has 9 heteroatoms. The highest BCUT2D eigenvalue weighted by molar-refractivity contribution is 8.00. The molecule has 0 aliphatic heterocycles. The maximum atomic E-state index is 12.9. The molecule has 1 aromatic heterocycles. The fourth-order valence-corrected chi connectivity index (χ4v) is 6.13. The fraction of sp³-hybridized carbons (Fsp3) is 0.231. The van der Waals surface area contributed by atoms with E-state index in [-0.39, 0.29) is 17.0 Å². The van der Waals surface area contributed by atoms with E-state index >= 15 is 0 Å². The molecule has 1 unspecified atom stereocenters. The third-order valence-electron chi connectivity index (χ3n) is 5.70. The van der Waals surface area contributed by atoms with E-state index in [1.165, 1.54) is 40.1 Å². The number of benzene rings is 2. The number of aromatic carboxylic acids is 1. The number of carboxylic acid groups (broad SMARTS) is 1. The number of hydrogen-bond donors (Lipinski definition) is 3. The van der Waals surface area contributed by atoms with Crippen LogP contribution >= 0.6 is 23.1 Å². The standard InChI is InChI=1S/C26H23N3O4S2/c1-15(23(30)29-25-21(14-27)18-9-4-5-12-22(18)35-25)34-17-8-6-7-16(13-17)28-24(31)19-10-2-3-11-20(19)26(32)33/h2-3,6-8,10-11,13,15H,4-5,9,12H2,1H3,(H,28,31)(H,29,30)(H,32,33). The summed E-state index contributed by atoms with van der Waals surface area (Å²) in [5, 5.41) is 24.8. The van der Waals surface area contributed by atoms with Crippen molar-refractivity contribution in [2.24, 2.45) is 0 Å². The molecule has 35 heavy (non-hydrogen) atoms. The first-order valence-corrected chi connectivity index (χ1v) is 12.8. The highest BCUT2D eigenvalue weighted by Crippen LogP contribution is 2.38. The second-order valence-electron chi connectivity index (χ2n) is 8.11. The van der Waals surface area contributed by atoms with Gasteiger partial charge in [0.2, 0.25) is 5.91 Å². The number of thioether (sulfide) groups is 1. The van der Waals surface area contributed by atoms with Crippen molar-refractivity contribution in [2.45, 2.75) is 42.8 Å². The smallest absolute Gasteiger partial charge is 0.336 e. The first kappa shape index (κ1) is 24.5. The minimum Gasteiger partial charge on any atom is -0.478 e. The van der Waals surface area contributed by atoms with Crippen LogP contribution in [0.5, 0.6) is 0 Å². The number of nitriles is 1. The number of rotatable bonds is 7. The normalized spacial score (nSPS) is 13.3. The van der Waals surface area contributed by atoms with Crippen LogP contribution in [0.15, 0.2) is 53.4 Å². The average Bonchev–Trinajstić information content (AvgIpc) is 3.21. The number of hydrogen-bond acceptors (Lipinski definition) is 6. The van der Waals surface area contributed by atoms with E-state index in [4.69, 9.17) is 0 Å². The largest absolute Gasteiger partial charge is 0.478 e. The zero-order valence-electron chi connectivity index (χ0n) is 19.0. The van der Waals surface area contributed by atoms with Crippen molar-refractivity contribution < 1.29 is 19.5 Å². The van der Waals surface area contributed by atoms with Gasteiger partial charge in [0.05, 0.1) is 21.9 Å². The molecule has 1 aliphatic carbocycles. The SMILES string of the molecule is CC(Sc1cccc(NC(=O)c2ccccc2C(=O)O)c1)C(=O)Nc1sc2c(c1C#N)CCCC2. The lowest BCUT2D eigenvalue weighted by molar-refractivity contribution is -0.115. The van der Waals surface area contributed by atoms with Crippen LogP contribution < -0.4 is 10.6 Å². The third-order valence-corrected chi connectivity index (χ3v) is 8.00. The maximum Gasteiger partial charge on any atom is 0.336 e. The number of nitrogens with zero attached hydrogens (tertiary/aromatic N) is 1. The van der Waals surface area contributed by atoms with Gasteiger partial charge in [-0.15, -0.1) is 23.1 Å². The van der Waals surface area contributed by atoms with Crippen LogP contribution in [-0.4, -0.2) is 28.1 Å². The highest BCUT2D eigenvalue weighted by atomic mass is 32.2. The number of carbonyl (C=O) groups excluding carboxylic acids is 2. The number of thiophene rings is 1. The number of amides is 2. The average molecular weight is 506 g/mol. The molecule has 0 bridgehead atoms. The van der Waals surface area contributed by atoms with Gasteiger partial charge in [0.15, 0.2) is 0 Å². The summed E-state index contributed by atoms with van der Waals surface area (Å²) in [6.07, 6.45) is 3.99. The van der Waals surface area contributed by atoms with Crippen LogP contribution in [0, 0.1) is 11.3 Å². The Hall–Kier alpha value is -3.61. The summed E-state index contributed by atoms with van der Waals surface area (Å²) in [6.45, 7) is 1.79. The van der Waals surface area contributed by atoms with Crippen molar-refractivity contribution in [3.05, 3.63) is 75.7 Å². The maximum absolute atomic E-state index is 12.9. The van der Waals surface area contributed by atoms with Gasteiger partial charge in [-0.25, -0.2) is 4.79 Å². The van der Waals surface area contributed by atoms with Crippen LogP contribution in [0.25, 0.3) is 0 Å². The van der Waals surface area contributed by atoms with Crippen molar-refractivity contribution in [3.8, 4) is 6.07 Å². The summed E-state index contributed by atoms with van der Waals surface area (Å²) in [4.78, 5) is 38.9. The van der Waals surface area contributed by atoms with E-state index in [9.17, 15) is 24.8 Å². The van der Waals surface area contributed by atoms with Gasteiger partial charge < -0.3 is 15.7 Å². The minimum atomic E-state index is -1.17. The Balaban J connectivity index is 1.43. The highest BCUT2D eigenvalue weighted by Gasteiger charge is 2.24. The number of nitrogens with one attached hydrogen (secondary N) is 2. The van der Waals surface area contributed by atoms with Crippen molar-refractivity contribution in [1.82, 2.24) is 0 Å². The number of carbonyl (C=O) groups is 3. The molecule has 0 radical (unpaired) electrons. The summed E-state index contributed by atoms with van der Waals surface area (Å²) in [7, 11) is 0. The Morgan fingerprint density at radius 3 is 2.54 bits per heavy atom. The molecule has 1 heterocycles. The summed E-state index contributed by atoms with van der Waals surface area (Å²) in [6, 6.07) is 15.3. The minimum absolute atomic E-state index is 0.0674. The first-order valence-electron chi connectivity index (χ1n) is 11.1. The Morgan fingerprint density at radius 2 is 1.80 bits per heavy atom. The molecule has 4 rings (SSSR count). The first-order chi connectivity index (χ1) is 16.9. The molecule has 2 aromatic carbocycles. The van der Waals surface area contributed by atoms with E-state index < -0.39 is 17.1 Å². The van der Waals surface area contributed by atoms with E-state index in [0.29, 0.717) is 16.3 Å². The number of carboxylic acids is 1. The predicted molar refractivity (Wildman–Crippen MR) is 137 cm³/mol. The van der Waals surface area contributed by atoms with E-state index in [0.717, 1.165) is 36.1 Å². The molecule has 3 N–H and O–H groups in total. The molecule has 0 saturated heterocycles. The van der Waals surface area contributed by atoms with Crippen LogP contribution in [0.2, 0.25) is 0 Å². The lowest BCUT2D eigenvalue weighted by Crippen LogP contribution is -2.22. The second kappa shape index (κ2) is 10.8. The summed E-state index contributed by atoms with van der Waals surface area (Å²) in [5.41, 5.74) is 2.14. The molecular formula is C26H23N3O4S2. The van der Waals surface area contributed by atoms with Crippen LogP contribution in [-0.2, 0) is 17.6 Å². The molecule has 1 atom stereocenters. The third kappa shape index (κ3) is 5.56. The van der Waals surface area contributed by atoms with Crippen molar-refractivity contribution >= 4 is 51.6 Å². The molecule has 2 amide bonds. The van der Waals surface area contributed by atoms with Crippen LogP contribution in [0.3, 0.4) is 0 Å². The Kier molecular flexibility index (Phi) is 7.54. The number of aryl methyl sites for hydroxylation is 1. The Labute approximate surface area is 211 Å². The van der Waals surface area contributed by atoms with Crippen molar-refractivity contribution in [1.29, 1.82) is 5.26 Å². The van der Waals surface area contributed by atoms with Gasteiger partial charge in [-0.3, -0.25) is 9.59 Å². The van der Waals surface area contributed by atoms with Gasteiger partial charge in [0.25, 0.3) is 5.91 Å². The quantitative estimate of drug-likeness (QED) is 0.361. The summed E-state index contributed by atoms with van der Waals surface area (Å²) >= 11 is 2.82. The van der Waals surface area contributed by atoms with Gasteiger partial charge in [0, 0.05) is 15.5 Å². The van der Waals surface area contributed by atoms with Crippen LogP contribution in [0.4, 0.5) is 10.7 Å². The lowest BCUT2D eigenvalue weighted by atomic mass is 9.96. The summed E-state index contributed by atoms with van der Waals surface area (Å²) < 4.78 is 0. The second-order valence-corrected chi connectivity index (χ2v) is 10.6. The lowest BCUT2D eigenvalue weighted by Gasteiger charge is -2.13. The van der Waals surface area contributed by atoms with Crippen LogP contribution in [0.1, 0.15) is 56.5 Å². The van der Waals surface area contributed by atoms with E-state index in [1.54, 1.807) is 37.3 Å². The van der Waals surface area contributed by atoms with Gasteiger partial charge >= 0.3 is 5.97 Å². The van der Waals surface area contributed by atoms with E-state index in [2.05, 4.69) is 16.7 Å².